The van der Waals surface area contributed by atoms with Gasteiger partial charge in [-0.05, 0) is 50.6 Å². The van der Waals surface area contributed by atoms with E-state index in [-0.39, 0.29) is 12.3 Å². The number of nitrogens with zero attached hydrogens (tertiary/aromatic N) is 1. The first-order valence-corrected chi connectivity index (χ1v) is 8.76. The number of amides is 2. The molecule has 0 aliphatic carbocycles. The quantitative estimate of drug-likeness (QED) is 0.566. The molecule has 0 fully saturated rings. The van der Waals surface area contributed by atoms with Crippen LogP contribution in [0.15, 0.2) is 41.5 Å². The molecule has 0 atom stereocenters. The molecule has 0 radical (unpaired) electrons. The fourth-order valence-electron chi connectivity index (χ4n) is 2.61. The maximum Gasteiger partial charge on any atom is 0.271 e. The predicted molar refractivity (Wildman–Crippen MR) is 109 cm³/mol. The lowest BCUT2D eigenvalue weighted by atomic mass is 10.1. The first-order valence-electron chi connectivity index (χ1n) is 8.76. The van der Waals surface area contributed by atoms with Gasteiger partial charge in [0.2, 0.25) is 5.91 Å². The topological polar surface area (TPSA) is 89.0 Å². The Kier molecular flexibility index (Phi) is 7.14. The van der Waals surface area contributed by atoms with Gasteiger partial charge in [-0.1, -0.05) is 17.7 Å². The summed E-state index contributed by atoms with van der Waals surface area (Å²) in [5.74, 6) is 0.370. The van der Waals surface area contributed by atoms with Gasteiger partial charge in [-0.3, -0.25) is 9.59 Å². The summed E-state index contributed by atoms with van der Waals surface area (Å²) in [6, 6.07) is 10.6. The van der Waals surface area contributed by atoms with Gasteiger partial charge in [0.05, 0.1) is 20.6 Å². The number of hydrazone groups is 1. The predicted octanol–water partition coefficient (Wildman–Crippen LogP) is 3.46. The number of rotatable bonds is 7. The maximum atomic E-state index is 12.3. The maximum absolute atomic E-state index is 12.3. The molecule has 0 saturated carbocycles. The highest BCUT2D eigenvalue weighted by molar-refractivity contribution is 6.06. The van der Waals surface area contributed by atoms with Crippen molar-refractivity contribution in [2.75, 3.05) is 19.5 Å². The van der Waals surface area contributed by atoms with Gasteiger partial charge in [0.15, 0.2) is 11.5 Å². The Bertz CT molecular complexity index is 907. The third-order valence-corrected chi connectivity index (χ3v) is 4.07. The van der Waals surface area contributed by atoms with Gasteiger partial charge in [0.25, 0.3) is 5.91 Å². The third-order valence-electron chi connectivity index (χ3n) is 4.07. The number of carbonyl (C=O) groups excluding carboxylic acids is 2. The normalized spacial score (nSPS) is 11.0. The minimum Gasteiger partial charge on any atom is -0.493 e. The number of methoxy groups -OCH3 is 2. The molecule has 0 spiro atoms. The molecule has 0 aromatic heterocycles. The summed E-state index contributed by atoms with van der Waals surface area (Å²) in [4.78, 5) is 24.4. The van der Waals surface area contributed by atoms with Crippen molar-refractivity contribution < 1.29 is 19.1 Å². The Morgan fingerprint density at radius 1 is 1.00 bits per heavy atom. The third kappa shape index (κ3) is 5.57. The molecule has 28 heavy (non-hydrogen) atoms. The molecular formula is C21H25N3O4. The Labute approximate surface area is 164 Å². The number of hydrogen-bond donors (Lipinski definition) is 2. The Morgan fingerprint density at radius 3 is 2.36 bits per heavy atom. The van der Waals surface area contributed by atoms with Crippen LogP contribution in [0, 0.1) is 13.8 Å². The summed E-state index contributed by atoms with van der Waals surface area (Å²) >= 11 is 0. The van der Waals surface area contributed by atoms with E-state index >= 15 is 0 Å². The van der Waals surface area contributed by atoms with Gasteiger partial charge >= 0.3 is 0 Å². The Morgan fingerprint density at radius 2 is 1.71 bits per heavy atom. The van der Waals surface area contributed by atoms with Crippen LogP contribution in [-0.4, -0.2) is 31.7 Å². The van der Waals surface area contributed by atoms with Crippen LogP contribution in [0.3, 0.4) is 0 Å². The second kappa shape index (κ2) is 9.55. The second-order valence-electron chi connectivity index (χ2n) is 6.40. The van der Waals surface area contributed by atoms with Crippen LogP contribution >= 0.6 is 0 Å². The second-order valence-corrected chi connectivity index (χ2v) is 6.40. The van der Waals surface area contributed by atoms with Crippen molar-refractivity contribution in [2.45, 2.75) is 27.2 Å². The first-order chi connectivity index (χ1) is 13.3. The molecule has 2 amide bonds. The molecule has 2 aromatic carbocycles. The van der Waals surface area contributed by atoms with E-state index < -0.39 is 5.91 Å². The molecule has 2 rings (SSSR count). The number of carbonyl (C=O) groups is 2. The standard InChI is InChI=1S/C21H25N3O4/c1-13-6-8-17(14(2)10-13)22-20(25)11-15(3)23-24-21(26)16-7-9-18(27-4)19(12-16)28-5/h6-10,12H,11H2,1-5H3,(H,22,25)(H,24,26)/b23-15-. The molecule has 0 aliphatic rings. The zero-order chi connectivity index (χ0) is 20.7. The van der Waals surface area contributed by atoms with Crippen LogP contribution < -0.4 is 20.2 Å². The number of nitrogens with one attached hydrogen (secondary N) is 2. The fourth-order valence-corrected chi connectivity index (χ4v) is 2.61. The summed E-state index contributed by atoms with van der Waals surface area (Å²) in [6.45, 7) is 5.61. The molecule has 148 valence electrons. The van der Waals surface area contributed by atoms with Gasteiger partial charge in [0, 0.05) is 17.0 Å². The van der Waals surface area contributed by atoms with E-state index in [1.807, 2.05) is 32.0 Å². The SMILES string of the molecule is COc1ccc(C(=O)N/N=C(/C)CC(=O)Nc2ccc(C)cc2C)cc1OC. The van der Waals surface area contributed by atoms with E-state index in [0.29, 0.717) is 22.8 Å². The highest BCUT2D eigenvalue weighted by Crippen LogP contribution is 2.27. The smallest absolute Gasteiger partial charge is 0.271 e. The molecule has 0 bridgehead atoms. The minimum atomic E-state index is -0.407. The largest absolute Gasteiger partial charge is 0.493 e. The Hall–Kier alpha value is -3.35. The van der Waals surface area contributed by atoms with E-state index in [1.54, 1.807) is 25.1 Å². The molecular weight excluding hydrogens is 358 g/mol. The first kappa shape index (κ1) is 21.0. The molecule has 2 N–H and O–H groups in total. The van der Waals surface area contributed by atoms with Crippen LogP contribution in [0.1, 0.15) is 34.8 Å². The number of benzene rings is 2. The van der Waals surface area contributed by atoms with Crippen molar-refractivity contribution in [3.05, 3.63) is 53.1 Å². The molecule has 2 aromatic rings. The molecule has 7 heteroatoms. The van der Waals surface area contributed by atoms with Crippen molar-refractivity contribution in [1.82, 2.24) is 5.43 Å². The average molecular weight is 383 g/mol. The van der Waals surface area contributed by atoms with Gasteiger partial charge < -0.3 is 14.8 Å². The van der Waals surface area contributed by atoms with Crippen LogP contribution in [0.5, 0.6) is 11.5 Å². The molecule has 0 heterocycles. The number of hydrogen-bond acceptors (Lipinski definition) is 5. The van der Waals surface area contributed by atoms with E-state index in [0.717, 1.165) is 16.8 Å². The van der Waals surface area contributed by atoms with Gasteiger partial charge in [-0.15, -0.1) is 0 Å². The molecule has 0 saturated heterocycles. The lowest BCUT2D eigenvalue weighted by molar-refractivity contribution is -0.115. The zero-order valence-electron chi connectivity index (χ0n) is 16.8. The van der Waals surface area contributed by atoms with Gasteiger partial charge in [0.1, 0.15) is 0 Å². The summed E-state index contributed by atoms with van der Waals surface area (Å²) in [5, 5.41) is 6.85. The van der Waals surface area contributed by atoms with Crippen molar-refractivity contribution in [2.24, 2.45) is 5.10 Å². The Balaban J connectivity index is 1.96. The average Bonchev–Trinajstić information content (AvgIpc) is 2.67. The van der Waals surface area contributed by atoms with Crippen LogP contribution in [-0.2, 0) is 4.79 Å². The van der Waals surface area contributed by atoms with E-state index in [9.17, 15) is 9.59 Å². The van der Waals surface area contributed by atoms with Gasteiger partial charge in [-0.25, -0.2) is 5.43 Å². The summed E-state index contributed by atoms with van der Waals surface area (Å²) < 4.78 is 10.3. The molecule has 0 aliphatic heterocycles. The van der Waals surface area contributed by atoms with Crippen LogP contribution in [0.2, 0.25) is 0 Å². The fraction of sp³-hybridized carbons (Fsp3) is 0.286. The number of anilines is 1. The highest BCUT2D eigenvalue weighted by atomic mass is 16.5. The van der Waals surface area contributed by atoms with Crippen molar-refractivity contribution in [3.63, 3.8) is 0 Å². The summed E-state index contributed by atoms with van der Waals surface area (Å²) in [7, 11) is 3.02. The number of ether oxygens (including phenoxy) is 2. The molecule has 7 nitrogen and oxygen atoms in total. The minimum absolute atomic E-state index is 0.0690. The lowest BCUT2D eigenvalue weighted by Gasteiger charge is -2.10. The lowest BCUT2D eigenvalue weighted by Crippen LogP contribution is -2.21. The van der Waals surface area contributed by atoms with Crippen LogP contribution in [0.25, 0.3) is 0 Å². The van der Waals surface area contributed by atoms with Gasteiger partial charge in [-0.2, -0.15) is 5.10 Å². The van der Waals surface area contributed by atoms with E-state index in [4.69, 9.17) is 9.47 Å². The number of aryl methyl sites for hydroxylation is 2. The summed E-state index contributed by atoms with van der Waals surface area (Å²) in [6.07, 6.45) is 0.0690. The van der Waals surface area contributed by atoms with E-state index in [1.165, 1.54) is 14.2 Å². The van der Waals surface area contributed by atoms with E-state index in [2.05, 4.69) is 15.8 Å². The highest BCUT2D eigenvalue weighted by Gasteiger charge is 2.11. The zero-order valence-corrected chi connectivity index (χ0v) is 16.8. The van der Waals surface area contributed by atoms with Crippen molar-refractivity contribution >= 4 is 23.2 Å². The van der Waals surface area contributed by atoms with Crippen LogP contribution in [0.4, 0.5) is 5.69 Å². The molecule has 0 unspecified atom stereocenters. The van der Waals surface area contributed by atoms with Crippen molar-refractivity contribution in [3.8, 4) is 11.5 Å². The van der Waals surface area contributed by atoms with Crippen molar-refractivity contribution in [1.29, 1.82) is 0 Å². The summed E-state index contributed by atoms with van der Waals surface area (Å²) in [5.41, 5.74) is 6.18. The monoisotopic (exact) mass is 383 g/mol.